The predicted octanol–water partition coefficient (Wildman–Crippen LogP) is 2.90. The molecule has 2 atom stereocenters. The predicted molar refractivity (Wildman–Crippen MR) is 71.6 cm³/mol. The first-order chi connectivity index (χ1) is 8.20. The van der Waals surface area contributed by atoms with Gasteiger partial charge in [0, 0.05) is 19.4 Å². The lowest BCUT2D eigenvalue weighted by atomic mass is 9.72. The lowest BCUT2D eigenvalue weighted by molar-refractivity contribution is -0.124. The zero-order chi connectivity index (χ0) is 13.6. The van der Waals surface area contributed by atoms with Crippen molar-refractivity contribution in [2.24, 2.45) is 5.92 Å². The van der Waals surface area contributed by atoms with Crippen molar-refractivity contribution in [3.8, 4) is 0 Å². The van der Waals surface area contributed by atoms with Crippen LogP contribution < -0.4 is 0 Å². The summed E-state index contributed by atoms with van der Waals surface area (Å²) in [6, 6.07) is 0. The van der Waals surface area contributed by atoms with Gasteiger partial charge in [0.25, 0.3) is 0 Å². The minimum atomic E-state index is -0.331. The lowest BCUT2D eigenvalue weighted by Crippen LogP contribution is -2.46. The molecule has 1 aliphatic carbocycles. The standard InChI is InChI=1S/C15H28O3/c1-13(2)9-11(14(3,4)18-13)12(16)10-15(17-5)7-6-8-15/h11-12,16H,6-10H2,1-5H3. The fourth-order valence-corrected chi connectivity index (χ4v) is 3.79. The molecule has 2 aliphatic rings. The molecule has 0 spiro atoms. The first-order valence-electron chi connectivity index (χ1n) is 7.13. The van der Waals surface area contributed by atoms with E-state index >= 15 is 0 Å². The van der Waals surface area contributed by atoms with Crippen molar-refractivity contribution in [3.63, 3.8) is 0 Å². The molecule has 1 aliphatic heterocycles. The first-order valence-corrected chi connectivity index (χ1v) is 7.13. The molecule has 3 heteroatoms. The smallest absolute Gasteiger partial charge is 0.0703 e. The molecule has 0 aromatic rings. The largest absolute Gasteiger partial charge is 0.393 e. The van der Waals surface area contributed by atoms with Crippen LogP contribution in [-0.2, 0) is 9.47 Å². The number of ether oxygens (including phenoxy) is 2. The molecule has 1 heterocycles. The summed E-state index contributed by atoms with van der Waals surface area (Å²) in [5.74, 6) is 0.195. The van der Waals surface area contributed by atoms with Crippen LogP contribution >= 0.6 is 0 Å². The summed E-state index contributed by atoms with van der Waals surface area (Å²) >= 11 is 0. The Balaban J connectivity index is 2.03. The minimum absolute atomic E-state index is 0.0672. The normalized spacial score (nSPS) is 34.0. The molecule has 0 bridgehead atoms. The van der Waals surface area contributed by atoms with Gasteiger partial charge in [-0.15, -0.1) is 0 Å². The second-order valence-corrected chi connectivity index (χ2v) is 7.29. The van der Waals surface area contributed by atoms with Crippen LogP contribution in [0.1, 0.15) is 59.8 Å². The van der Waals surface area contributed by atoms with E-state index in [-0.39, 0.29) is 28.8 Å². The third-order valence-electron chi connectivity index (χ3n) is 4.89. The Labute approximate surface area is 111 Å². The number of hydrogen-bond acceptors (Lipinski definition) is 3. The van der Waals surface area contributed by atoms with Crippen molar-refractivity contribution in [1.29, 1.82) is 0 Å². The van der Waals surface area contributed by atoms with Crippen LogP contribution in [0.15, 0.2) is 0 Å². The first kappa shape index (κ1) is 14.3. The van der Waals surface area contributed by atoms with Crippen LogP contribution in [0.4, 0.5) is 0 Å². The van der Waals surface area contributed by atoms with Gasteiger partial charge in [0.05, 0.1) is 22.9 Å². The van der Waals surface area contributed by atoms with Gasteiger partial charge < -0.3 is 14.6 Å². The van der Waals surface area contributed by atoms with E-state index in [0.717, 1.165) is 25.7 Å². The van der Waals surface area contributed by atoms with Gasteiger partial charge in [-0.3, -0.25) is 0 Å². The molecule has 2 rings (SSSR count). The molecule has 18 heavy (non-hydrogen) atoms. The SMILES string of the molecule is COC1(CC(O)C2CC(C)(C)OC2(C)C)CCC1. The molecule has 0 amide bonds. The van der Waals surface area contributed by atoms with Gasteiger partial charge in [0.15, 0.2) is 0 Å². The summed E-state index contributed by atoms with van der Waals surface area (Å²) < 4.78 is 11.7. The Morgan fingerprint density at radius 2 is 1.89 bits per heavy atom. The summed E-state index contributed by atoms with van der Waals surface area (Å²) in [4.78, 5) is 0. The fraction of sp³-hybridized carbons (Fsp3) is 1.00. The zero-order valence-corrected chi connectivity index (χ0v) is 12.5. The maximum atomic E-state index is 10.6. The Morgan fingerprint density at radius 3 is 2.22 bits per heavy atom. The number of rotatable bonds is 4. The Kier molecular flexibility index (Phi) is 3.54. The molecule has 1 N–H and O–H groups in total. The molecule has 1 saturated heterocycles. The molecule has 1 saturated carbocycles. The molecule has 3 nitrogen and oxygen atoms in total. The highest BCUT2D eigenvalue weighted by Gasteiger charge is 2.51. The number of methoxy groups -OCH3 is 1. The maximum Gasteiger partial charge on any atom is 0.0703 e. The van der Waals surface area contributed by atoms with E-state index in [9.17, 15) is 5.11 Å². The van der Waals surface area contributed by atoms with Gasteiger partial charge in [0.2, 0.25) is 0 Å². The highest BCUT2D eigenvalue weighted by Crippen LogP contribution is 2.47. The van der Waals surface area contributed by atoms with Crippen molar-refractivity contribution < 1.29 is 14.6 Å². The number of hydrogen-bond donors (Lipinski definition) is 1. The van der Waals surface area contributed by atoms with E-state index in [1.807, 2.05) is 0 Å². The Bertz CT molecular complexity index is 299. The van der Waals surface area contributed by atoms with Crippen LogP contribution in [0.3, 0.4) is 0 Å². The second-order valence-electron chi connectivity index (χ2n) is 7.29. The van der Waals surface area contributed by atoms with Crippen molar-refractivity contribution in [2.75, 3.05) is 7.11 Å². The maximum absolute atomic E-state index is 10.6. The third-order valence-corrected chi connectivity index (χ3v) is 4.89. The monoisotopic (exact) mass is 256 g/mol. The number of aliphatic hydroxyl groups excluding tert-OH is 1. The minimum Gasteiger partial charge on any atom is -0.393 e. The van der Waals surface area contributed by atoms with E-state index < -0.39 is 0 Å². The molecule has 106 valence electrons. The molecule has 2 unspecified atom stereocenters. The van der Waals surface area contributed by atoms with Crippen molar-refractivity contribution >= 4 is 0 Å². The van der Waals surface area contributed by atoms with E-state index in [2.05, 4.69) is 27.7 Å². The summed E-state index contributed by atoms with van der Waals surface area (Å²) in [6.45, 7) is 8.40. The van der Waals surface area contributed by atoms with Gasteiger partial charge in [-0.05, 0) is 53.4 Å². The van der Waals surface area contributed by atoms with Gasteiger partial charge in [0.1, 0.15) is 0 Å². The summed E-state index contributed by atoms with van der Waals surface area (Å²) in [7, 11) is 1.77. The summed E-state index contributed by atoms with van der Waals surface area (Å²) in [5, 5.41) is 10.6. The molecule has 0 aromatic heterocycles. The molecular formula is C15H28O3. The van der Waals surface area contributed by atoms with Crippen LogP contribution in [0.25, 0.3) is 0 Å². The highest BCUT2D eigenvalue weighted by molar-refractivity contribution is 5.01. The van der Waals surface area contributed by atoms with Crippen LogP contribution in [0.2, 0.25) is 0 Å². The Hall–Kier alpha value is -0.120. The van der Waals surface area contributed by atoms with Crippen LogP contribution in [-0.4, -0.2) is 35.1 Å². The summed E-state index contributed by atoms with van der Waals surface area (Å²) in [5.41, 5.74) is -0.446. The fourth-order valence-electron chi connectivity index (χ4n) is 3.79. The van der Waals surface area contributed by atoms with Gasteiger partial charge in [-0.1, -0.05) is 0 Å². The molecular weight excluding hydrogens is 228 g/mol. The van der Waals surface area contributed by atoms with E-state index in [1.165, 1.54) is 6.42 Å². The van der Waals surface area contributed by atoms with E-state index in [1.54, 1.807) is 7.11 Å². The molecule has 0 radical (unpaired) electrons. The van der Waals surface area contributed by atoms with Crippen LogP contribution in [0, 0.1) is 5.92 Å². The average Bonchev–Trinajstić information content (AvgIpc) is 2.40. The molecule has 0 aromatic carbocycles. The van der Waals surface area contributed by atoms with E-state index in [0.29, 0.717) is 0 Å². The summed E-state index contributed by atoms with van der Waals surface area (Å²) in [6.07, 6.45) is 4.71. The second kappa shape index (κ2) is 4.46. The zero-order valence-electron chi connectivity index (χ0n) is 12.5. The molecule has 2 fully saturated rings. The lowest BCUT2D eigenvalue weighted by Gasteiger charge is -2.43. The quantitative estimate of drug-likeness (QED) is 0.840. The van der Waals surface area contributed by atoms with Gasteiger partial charge >= 0.3 is 0 Å². The number of aliphatic hydroxyl groups is 1. The highest BCUT2D eigenvalue weighted by atomic mass is 16.5. The van der Waals surface area contributed by atoms with Crippen molar-refractivity contribution in [3.05, 3.63) is 0 Å². The van der Waals surface area contributed by atoms with Crippen molar-refractivity contribution in [2.45, 2.75) is 82.7 Å². The van der Waals surface area contributed by atoms with Crippen LogP contribution in [0.5, 0.6) is 0 Å². The van der Waals surface area contributed by atoms with E-state index in [4.69, 9.17) is 9.47 Å². The topological polar surface area (TPSA) is 38.7 Å². The Morgan fingerprint density at radius 1 is 1.28 bits per heavy atom. The van der Waals surface area contributed by atoms with Crippen molar-refractivity contribution in [1.82, 2.24) is 0 Å². The van der Waals surface area contributed by atoms with Gasteiger partial charge in [-0.2, -0.15) is 0 Å². The average molecular weight is 256 g/mol. The third kappa shape index (κ3) is 2.59. The van der Waals surface area contributed by atoms with Gasteiger partial charge in [-0.25, -0.2) is 0 Å².